The maximum Gasteiger partial charge on any atom is 0.240 e. The summed E-state index contributed by atoms with van der Waals surface area (Å²) in [6.45, 7) is 7.29. The monoisotopic (exact) mass is 291 g/mol. The van der Waals surface area contributed by atoms with E-state index in [-0.39, 0.29) is 18.6 Å². The lowest BCUT2D eigenvalue weighted by Gasteiger charge is -2.40. The summed E-state index contributed by atoms with van der Waals surface area (Å²) in [4.78, 5) is 14.8. The van der Waals surface area contributed by atoms with Crippen molar-refractivity contribution in [3.63, 3.8) is 0 Å². The summed E-state index contributed by atoms with van der Waals surface area (Å²) in [5.74, 6) is -0.0488. The summed E-state index contributed by atoms with van der Waals surface area (Å²) in [5, 5.41) is 15.8. The Balaban J connectivity index is 2.04. The summed E-state index contributed by atoms with van der Waals surface area (Å²) >= 11 is 0. The van der Waals surface area contributed by atoms with Crippen LogP contribution in [0.3, 0.4) is 0 Å². The van der Waals surface area contributed by atoms with E-state index in [1.165, 1.54) is 0 Å². The largest absolute Gasteiger partial charge is 0.394 e. The minimum absolute atomic E-state index is 0.0488. The molecule has 1 aromatic rings. The van der Waals surface area contributed by atoms with Crippen molar-refractivity contribution >= 4 is 5.91 Å². The van der Waals surface area contributed by atoms with Crippen molar-refractivity contribution in [3.8, 4) is 0 Å². The molecule has 1 amide bonds. The van der Waals surface area contributed by atoms with Crippen LogP contribution >= 0.6 is 0 Å². The SMILES string of the molecule is CC(C)(C(=O)NC(CO)c1ccccc1)N1CCNCC1. The van der Waals surface area contributed by atoms with Crippen LogP contribution in [0.1, 0.15) is 25.5 Å². The maximum absolute atomic E-state index is 12.6. The fraction of sp³-hybridized carbons (Fsp3) is 0.562. The quantitative estimate of drug-likeness (QED) is 0.740. The zero-order valence-corrected chi connectivity index (χ0v) is 12.8. The van der Waals surface area contributed by atoms with Crippen LogP contribution < -0.4 is 10.6 Å². The summed E-state index contributed by atoms with van der Waals surface area (Å²) < 4.78 is 0. The highest BCUT2D eigenvalue weighted by Gasteiger charge is 2.36. The first-order chi connectivity index (χ1) is 10.1. The van der Waals surface area contributed by atoms with Crippen molar-refractivity contribution in [2.75, 3.05) is 32.8 Å². The van der Waals surface area contributed by atoms with Gasteiger partial charge in [-0.15, -0.1) is 0 Å². The number of nitrogens with one attached hydrogen (secondary N) is 2. The van der Waals surface area contributed by atoms with E-state index in [0.29, 0.717) is 0 Å². The van der Waals surface area contributed by atoms with E-state index in [2.05, 4.69) is 15.5 Å². The van der Waals surface area contributed by atoms with Crippen LogP contribution in [-0.4, -0.2) is 54.2 Å². The highest BCUT2D eigenvalue weighted by Crippen LogP contribution is 2.18. The molecule has 21 heavy (non-hydrogen) atoms. The minimum Gasteiger partial charge on any atom is -0.394 e. The number of rotatable bonds is 5. The normalized spacial score (nSPS) is 18.2. The predicted octanol–water partition coefficient (Wildman–Crippen LogP) is 0.520. The number of carbonyl (C=O) groups is 1. The third-order valence-corrected chi connectivity index (χ3v) is 4.15. The number of hydrogen-bond donors (Lipinski definition) is 3. The summed E-state index contributed by atoms with van der Waals surface area (Å²) in [6.07, 6.45) is 0. The Kier molecular flexibility index (Phi) is 5.33. The molecule has 1 unspecified atom stereocenters. The molecule has 116 valence electrons. The van der Waals surface area contributed by atoms with Crippen molar-refractivity contribution in [1.29, 1.82) is 0 Å². The lowest BCUT2D eigenvalue weighted by Crippen LogP contribution is -2.60. The lowest BCUT2D eigenvalue weighted by molar-refractivity contribution is -0.133. The van der Waals surface area contributed by atoms with Crippen LogP contribution in [0.4, 0.5) is 0 Å². The predicted molar refractivity (Wildman–Crippen MR) is 82.9 cm³/mol. The Bertz CT molecular complexity index is 456. The second kappa shape index (κ2) is 7.02. The fourth-order valence-electron chi connectivity index (χ4n) is 2.62. The van der Waals surface area contributed by atoms with Gasteiger partial charge >= 0.3 is 0 Å². The zero-order chi connectivity index (χ0) is 15.3. The first kappa shape index (κ1) is 15.9. The maximum atomic E-state index is 12.6. The Morgan fingerprint density at radius 1 is 1.33 bits per heavy atom. The second-order valence-electron chi connectivity index (χ2n) is 5.92. The lowest BCUT2D eigenvalue weighted by atomic mass is 9.98. The average molecular weight is 291 g/mol. The molecule has 3 N–H and O–H groups in total. The smallest absolute Gasteiger partial charge is 0.240 e. The van der Waals surface area contributed by atoms with Gasteiger partial charge < -0.3 is 15.7 Å². The molecule has 1 aliphatic rings. The van der Waals surface area contributed by atoms with Gasteiger partial charge in [0, 0.05) is 26.2 Å². The summed E-state index contributed by atoms with van der Waals surface area (Å²) in [5.41, 5.74) is 0.342. The summed E-state index contributed by atoms with van der Waals surface area (Å²) in [7, 11) is 0. The van der Waals surface area contributed by atoms with Crippen LogP contribution in [0.2, 0.25) is 0 Å². The van der Waals surface area contributed by atoms with Gasteiger partial charge in [0.1, 0.15) is 0 Å². The molecule has 0 bridgehead atoms. The molecule has 0 saturated carbocycles. The number of aliphatic hydroxyl groups is 1. The Labute approximate surface area is 126 Å². The first-order valence-corrected chi connectivity index (χ1v) is 7.48. The van der Waals surface area contributed by atoms with Crippen LogP contribution in [-0.2, 0) is 4.79 Å². The number of benzene rings is 1. The van der Waals surface area contributed by atoms with E-state index in [4.69, 9.17) is 0 Å². The number of piperazine rings is 1. The van der Waals surface area contributed by atoms with Gasteiger partial charge in [0.15, 0.2) is 0 Å². The Hall–Kier alpha value is -1.43. The van der Waals surface area contributed by atoms with Crippen LogP contribution in [0.5, 0.6) is 0 Å². The molecule has 5 heteroatoms. The van der Waals surface area contributed by atoms with Crippen molar-refractivity contribution in [1.82, 2.24) is 15.5 Å². The molecule has 1 saturated heterocycles. The zero-order valence-electron chi connectivity index (χ0n) is 12.8. The average Bonchev–Trinajstić information content (AvgIpc) is 2.54. The molecular weight excluding hydrogens is 266 g/mol. The highest BCUT2D eigenvalue weighted by molar-refractivity contribution is 5.85. The molecule has 0 aromatic heterocycles. The first-order valence-electron chi connectivity index (χ1n) is 7.48. The van der Waals surface area contributed by atoms with Crippen LogP contribution in [0.15, 0.2) is 30.3 Å². The van der Waals surface area contributed by atoms with Gasteiger partial charge in [0.05, 0.1) is 18.2 Å². The van der Waals surface area contributed by atoms with Gasteiger partial charge in [0.25, 0.3) is 0 Å². The van der Waals surface area contributed by atoms with Crippen molar-refractivity contribution < 1.29 is 9.90 Å². The van der Waals surface area contributed by atoms with E-state index in [0.717, 1.165) is 31.7 Å². The van der Waals surface area contributed by atoms with E-state index in [9.17, 15) is 9.90 Å². The molecule has 1 aliphatic heterocycles. The standard InChI is InChI=1S/C16H25N3O2/c1-16(2,19-10-8-17-9-11-19)15(21)18-14(12-20)13-6-4-3-5-7-13/h3-7,14,17,20H,8-12H2,1-2H3,(H,18,21). The molecule has 2 rings (SSSR count). The molecule has 5 nitrogen and oxygen atoms in total. The highest BCUT2D eigenvalue weighted by atomic mass is 16.3. The molecular formula is C16H25N3O2. The number of amides is 1. The van der Waals surface area contributed by atoms with E-state index in [1.54, 1.807) is 0 Å². The Morgan fingerprint density at radius 2 is 1.95 bits per heavy atom. The third-order valence-electron chi connectivity index (χ3n) is 4.15. The van der Waals surface area contributed by atoms with Crippen molar-refractivity contribution in [2.45, 2.75) is 25.4 Å². The van der Waals surface area contributed by atoms with Gasteiger partial charge in [-0.1, -0.05) is 30.3 Å². The topological polar surface area (TPSA) is 64.6 Å². The fourth-order valence-corrected chi connectivity index (χ4v) is 2.62. The van der Waals surface area contributed by atoms with E-state index < -0.39 is 5.54 Å². The molecule has 0 aliphatic carbocycles. The third kappa shape index (κ3) is 3.81. The molecule has 1 atom stereocenters. The molecule has 0 spiro atoms. The number of carbonyl (C=O) groups excluding carboxylic acids is 1. The van der Waals surface area contributed by atoms with Crippen LogP contribution in [0, 0.1) is 0 Å². The number of nitrogens with zero attached hydrogens (tertiary/aromatic N) is 1. The van der Waals surface area contributed by atoms with Crippen LogP contribution in [0.25, 0.3) is 0 Å². The van der Waals surface area contributed by atoms with Gasteiger partial charge in [-0.05, 0) is 19.4 Å². The van der Waals surface area contributed by atoms with Gasteiger partial charge in [-0.2, -0.15) is 0 Å². The Morgan fingerprint density at radius 3 is 2.52 bits per heavy atom. The minimum atomic E-state index is -0.579. The van der Waals surface area contributed by atoms with Crippen molar-refractivity contribution in [3.05, 3.63) is 35.9 Å². The van der Waals surface area contributed by atoms with Gasteiger partial charge in [0.2, 0.25) is 5.91 Å². The molecule has 0 radical (unpaired) electrons. The van der Waals surface area contributed by atoms with Gasteiger partial charge in [-0.3, -0.25) is 9.69 Å². The van der Waals surface area contributed by atoms with Crippen molar-refractivity contribution in [2.24, 2.45) is 0 Å². The summed E-state index contributed by atoms with van der Waals surface area (Å²) in [6, 6.07) is 9.21. The second-order valence-corrected chi connectivity index (χ2v) is 5.92. The number of hydrogen-bond acceptors (Lipinski definition) is 4. The van der Waals surface area contributed by atoms with Gasteiger partial charge in [-0.25, -0.2) is 0 Å². The molecule has 1 heterocycles. The van der Waals surface area contributed by atoms with E-state index >= 15 is 0 Å². The van der Waals surface area contributed by atoms with E-state index in [1.807, 2.05) is 44.2 Å². The molecule has 1 fully saturated rings. The molecule has 1 aromatic carbocycles. The number of aliphatic hydroxyl groups excluding tert-OH is 1.